The molecule has 0 saturated heterocycles. The Morgan fingerprint density at radius 3 is 2.54 bits per heavy atom. The highest BCUT2D eigenvalue weighted by Crippen LogP contribution is 2.38. The molecule has 0 radical (unpaired) electrons. The Morgan fingerprint density at radius 1 is 1.15 bits per heavy atom. The average Bonchev–Trinajstić information content (AvgIpc) is 2.60. The standard InChI is InChI=1S/C17H15ClN2O5S/c18-14-9-11(10-15-17(14)25-8-7-24-15)1-6-16(21)20-12-2-4-13(5-3-12)26(19,22)23/h1-6,9-10H,7-8H2,(H,20,21)(H2,19,22,23)/b6-1+. The molecule has 0 aliphatic carbocycles. The number of ether oxygens (including phenoxy) is 2. The normalized spacial score (nSPS) is 13.6. The predicted molar refractivity (Wildman–Crippen MR) is 97.9 cm³/mol. The average molecular weight is 395 g/mol. The largest absolute Gasteiger partial charge is 0.486 e. The summed E-state index contributed by atoms with van der Waals surface area (Å²) < 4.78 is 33.3. The minimum absolute atomic E-state index is 0.0306. The van der Waals surface area contributed by atoms with E-state index >= 15 is 0 Å². The number of hydrogen-bond donors (Lipinski definition) is 2. The summed E-state index contributed by atoms with van der Waals surface area (Å²) in [5, 5.41) is 8.05. The van der Waals surface area contributed by atoms with Crippen LogP contribution in [0.5, 0.6) is 11.5 Å². The molecule has 1 aliphatic heterocycles. The highest BCUT2D eigenvalue weighted by Gasteiger charge is 2.16. The van der Waals surface area contributed by atoms with Gasteiger partial charge in [-0.15, -0.1) is 0 Å². The van der Waals surface area contributed by atoms with Gasteiger partial charge in [-0.05, 0) is 48.0 Å². The van der Waals surface area contributed by atoms with Gasteiger partial charge in [0.15, 0.2) is 11.5 Å². The van der Waals surface area contributed by atoms with Crippen molar-refractivity contribution in [2.75, 3.05) is 18.5 Å². The number of amides is 1. The molecule has 0 spiro atoms. The first-order valence-corrected chi connectivity index (χ1v) is 9.46. The summed E-state index contributed by atoms with van der Waals surface area (Å²) in [5.74, 6) is 0.635. The summed E-state index contributed by atoms with van der Waals surface area (Å²) in [6.07, 6.45) is 2.91. The highest BCUT2D eigenvalue weighted by molar-refractivity contribution is 7.89. The number of anilines is 1. The van der Waals surface area contributed by atoms with Crippen LogP contribution in [0.15, 0.2) is 47.4 Å². The van der Waals surface area contributed by atoms with Crippen LogP contribution < -0.4 is 19.9 Å². The molecule has 136 valence electrons. The summed E-state index contributed by atoms with van der Waals surface area (Å²) in [7, 11) is -3.77. The van der Waals surface area contributed by atoms with E-state index in [0.717, 1.165) is 0 Å². The summed E-state index contributed by atoms with van der Waals surface area (Å²) in [6, 6.07) is 8.92. The monoisotopic (exact) mass is 394 g/mol. The molecule has 1 amide bonds. The molecular weight excluding hydrogens is 380 g/mol. The van der Waals surface area contributed by atoms with E-state index in [4.69, 9.17) is 26.2 Å². The van der Waals surface area contributed by atoms with Crippen LogP contribution in [-0.4, -0.2) is 27.5 Å². The molecule has 1 aliphatic rings. The third kappa shape index (κ3) is 4.34. The molecule has 0 bridgehead atoms. The lowest BCUT2D eigenvalue weighted by molar-refractivity contribution is -0.111. The Hall–Kier alpha value is -2.55. The first-order valence-electron chi connectivity index (χ1n) is 7.54. The lowest BCUT2D eigenvalue weighted by atomic mass is 10.1. The van der Waals surface area contributed by atoms with Crippen molar-refractivity contribution in [2.45, 2.75) is 4.90 Å². The van der Waals surface area contributed by atoms with E-state index in [2.05, 4.69) is 5.32 Å². The number of rotatable bonds is 4. The number of nitrogens with one attached hydrogen (secondary N) is 1. The van der Waals surface area contributed by atoms with E-state index in [1.165, 1.54) is 30.3 Å². The van der Waals surface area contributed by atoms with Gasteiger partial charge in [0.2, 0.25) is 15.9 Å². The van der Waals surface area contributed by atoms with Crippen LogP contribution in [0.4, 0.5) is 5.69 Å². The molecule has 9 heteroatoms. The molecule has 0 aromatic heterocycles. The van der Waals surface area contributed by atoms with Gasteiger partial charge in [0.25, 0.3) is 0 Å². The van der Waals surface area contributed by atoms with Crippen LogP contribution in [-0.2, 0) is 14.8 Å². The molecule has 26 heavy (non-hydrogen) atoms. The zero-order valence-electron chi connectivity index (χ0n) is 13.4. The Labute approximate surface area is 155 Å². The number of primary sulfonamides is 1. The fourth-order valence-corrected chi connectivity index (χ4v) is 3.10. The predicted octanol–water partition coefficient (Wildman–Crippen LogP) is 2.41. The maximum atomic E-state index is 12.0. The number of sulfonamides is 1. The number of benzene rings is 2. The molecule has 3 rings (SSSR count). The van der Waals surface area contributed by atoms with Crippen LogP contribution in [0, 0.1) is 0 Å². The van der Waals surface area contributed by atoms with E-state index in [0.29, 0.717) is 41.0 Å². The number of hydrogen-bond acceptors (Lipinski definition) is 5. The summed E-state index contributed by atoms with van der Waals surface area (Å²) >= 11 is 6.15. The van der Waals surface area contributed by atoms with Gasteiger partial charge in [0.1, 0.15) is 13.2 Å². The second-order valence-corrected chi connectivity index (χ2v) is 7.39. The van der Waals surface area contributed by atoms with E-state index < -0.39 is 10.0 Å². The van der Waals surface area contributed by atoms with Crippen LogP contribution in [0.1, 0.15) is 5.56 Å². The molecule has 1 heterocycles. The quantitative estimate of drug-likeness (QED) is 0.774. The fourth-order valence-electron chi connectivity index (χ4n) is 2.31. The van der Waals surface area contributed by atoms with Crippen molar-refractivity contribution in [3.8, 4) is 11.5 Å². The number of halogens is 1. The third-order valence-corrected chi connectivity index (χ3v) is 4.71. The second kappa shape index (κ2) is 7.36. The van der Waals surface area contributed by atoms with E-state index in [1.54, 1.807) is 18.2 Å². The summed E-state index contributed by atoms with van der Waals surface area (Å²) in [4.78, 5) is 12.0. The van der Waals surface area contributed by atoms with Crippen molar-refractivity contribution in [1.82, 2.24) is 0 Å². The Morgan fingerprint density at radius 2 is 1.85 bits per heavy atom. The summed E-state index contributed by atoms with van der Waals surface area (Å²) in [5.41, 5.74) is 1.12. The maximum absolute atomic E-state index is 12.0. The van der Waals surface area contributed by atoms with E-state index in [-0.39, 0.29) is 10.8 Å². The first kappa shape index (κ1) is 18.2. The highest BCUT2D eigenvalue weighted by atomic mass is 35.5. The second-order valence-electron chi connectivity index (χ2n) is 5.42. The van der Waals surface area contributed by atoms with Crippen molar-refractivity contribution < 1.29 is 22.7 Å². The molecule has 7 nitrogen and oxygen atoms in total. The molecule has 0 fully saturated rings. The van der Waals surface area contributed by atoms with Crippen LogP contribution in [0.2, 0.25) is 5.02 Å². The van der Waals surface area contributed by atoms with Gasteiger partial charge in [0.05, 0.1) is 9.92 Å². The lowest BCUT2D eigenvalue weighted by Crippen LogP contribution is -2.15. The van der Waals surface area contributed by atoms with Gasteiger partial charge in [-0.25, -0.2) is 13.6 Å². The van der Waals surface area contributed by atoms with E-state index in [1.807, 2.05) is 0 Å². The number of fused-ring (bicyclic) bond motifs is 1. The zero-order valence-corrected chi connectivity index (χ0v) is 15.0. The number of carbonyl (C=O) groups excluding carboxylic acids is 1. The summed E-state index contributed by atoms with van der Waals surface area (Å²) in [6.45, 7) is 0.875. The Balaban J connectivity index is 1.69. The molecule has 0 atom stereocenters. The SMILES string of the molecule is NS(=O)(=O)c1ccc(NC(=O)/C=C/c2cc(Cl)c3c(c2)OCCO3)cc1. The topological polar surface area (TPSA) is 108 Å². The van der Waals surface area contributed by atoms with Crippen molar-refractivity contribution >= 4 is 39.3 Å². The molecule has 0 unspecified atom stereocenters. The third-order valence-electron chi connectivity index (χ3n) is 3.50. The fraction of sp³-hybridized carbons (Fsp3) is 0.118. The minimum atomic E-state index is -3.77. The van der Waals surface area contributed by atoms with Gasteiger partial charge in [0, 0.05) is 11.8 Å². The molecule has 3 N–H and O–H groups in total. The minimum Gasteiger partial charge on any atom is -0.486 e. The maximum Gasteiger partial charge on any atom is 0.248 e. The first-order chi connectivity index (χ1) is 12.3. The number of nitrogens with two attached hydrogens (primary N) is 1. The van der Waals surface area contributed by atoms with Gasteiger partial charge < -0.3 is 14.8 Å². The van der Waals surface area contributed by atoms with Crippen molar-refractivity contribution in [3.05, 3.63) is 53.1 Å². The van der Waals surface area contributed by atoms with Gasteiger partial charge in [-0.3, -0.25) is 4.79 Å². The Bertz CT molecular complexity index is 971. The lowest BCUT2D eigenvalue weighted by Gasteiger charge is -2.19. The molecule has 2 aromatic carbocycles. The van der Waals surface area contributed by atoms with Gasteiger partial charge in [-0.2, -0.15) is 0 Å². The van der Waals surface area contributed by atoms with Gasteiger partial charge in [-0.1, -0.05) is 11.6 Å². The molecular formula is C17H15ClN2O5S. The molecule has 0 saturated carbocycles. The number of carbonyl (C=O) groups is 1. The van der Waals surface area contributed by atoms with Crippen molar-refractivity contribution in [3.63, 3.8) is 0 Å². The van der Waals surface area contributed by atoms with Crippen molar-refractivity contribution in [2.24, 2.45) is 5.14 Å². The van der Waals surface area contributed by atoms with E-state index in [9.17, 15) is 13.2 Å². The zero-order chi connectivity index (χ0) is 18.7. The molecule has 2 aromatic rings. The Kier molecular flexibility index (Phi) is 5.17. The van der Waals surface area contributed by atoms with Crippen LogP contribution in [0.25, 0.3) is 6.08 Å². The van der Waals surface area contributed by atoms with Gasteiger partial charge >= 0.3 is 0 Å². The van der Waals surface area contributed by atoms with Crippen molar-refractivity contribution in [1.29, 1.82) is 0 Å². The van der Waals surface area contributed by atoms with Crippen LogP contribution in [0.3, 0.4) is 0 Å². The smallest absolute Gasteiger partial charge is 0.248 e. The van der Waals surface area contributed by atoms with Crippen LogP contribution >= 0.6 is 11.6 Å².